The summed E-state index contributed by atoms with van der Waals surface area (Å²) >= 11 is 2.30. The number of benzene rings is 3. The molecule has 6 heteroatoms. The van der Waals surface area contributed by atoms with Crippen LogP contribution in [0.5, 0.6) is 11.5 Å². The van der Waals surface area contributed by atoms with Crippen LogP contribution >= 0.6 is 22.6 Å². The monoisotopic (exact) mass is 510 g/mol. The first kappa shape index (κ1) is 19.1. The smallest absolute Gasteiger partial charge is 0.263 e. The molecule has 0 aliphatic carbocycles. The second-order valence-corrected chi connectivity index (χ2v) is 8.46. The summed E-state index contributed by atoms with van der Waals surface area (Å²) in [4.78, 5) is 20.4. The predicted octanol–water partition coefficient (Wildman–Crippen LogP) is 5.53. The van der Waals surface area contributed by atoms with Gasteiger partial charge in [-0.1, -0.05) is 30.3 Å². The number of carbonyl (C=O) groups excluding carboxylic acids is 1. The van der Waals surface area contributed by atoms with Gasteiger partial charge in [0.05, 0.1) is 42.9 Å². The number of halogens is 1. The Kier molecular flexibility index (Phi) is 4.73. The number of para-hydroxylation sites is 2. The summed E-state index contributed by atoms with van der Waals surface area (Å²) < 4.78 is 12.2. The molecular weight excluding hydrogens is 491 g/mol. The zero-order valence-corrected chi connectivity index (χ0v) is 18.7. The number of carbonyl (C=O) groups is 1. The molecule has 5 nitrogen and oxygen atoms in total. The quantitative estimate of drug-likeness (QED) is 0.436. The van der Waals surface area contributed by atoms with E-state index >= 15 is 0 Å². The van der Waals surface area contributed by atoms with E-state index in [1.165, 1.54) is 3.57 Å². The van der Waals surface area contributed by atoms with Gasteiger partial charge < -0.3 is 9.47 Å². The number of hydrogen-bond donors (Lipinski definition) is 0. The maximum Gasteiger partial charge on any atom is 0.263 e. The van der Waals surface area contributed by atoms with Gasteiger partial charge in [-0.3, -0.25) is 14.7 Å². The molecule has 0 bridgehead atoms. The lowest BCUT2D eigenvalue weighted by atomic mass is 9.96. The van der Waals surface area contributed by atoms with E-state index in [1.807, 2.05) is 41.3 Å². The van der Waals surface area contributed by atoms with Crippen LogP contribution in [0.1, 0.15) is 33.9 Å². The molecule has 3 aromatic rings. The molecule has 3 aromatic carbocycles. The molecule has 2 heterocycles. The van der Waals surface area contributed by atoms with Crippen molar-refractivity contribution in [3.05, 3.63) is 80.9 Å². The fraction of sp³-hybridized carbons (Fsp3) is 0.167. The van der Waals surface area contributed by atoms with E-state index in [0.717, 1.165) is 28.2 Å². The average molecular weight is 510 g/mol. The first-order valence-corrected chi connectivity index (χ1v) is 10.7. The second-order valence-electron chi connectivity index (χ2n) is 7.21. The molecule has 5 rings (SSSR count). The highest BCUT2D eigenvalue weighted by Gasteiger charge is 2.43. The normalized spacial score (nSPS) is 16.9. The van der Waals surface area contributed by atoms with Crippen molar-refractivity contribution >= 4 is 45.6 Å². The summed E-state index contributed by atoms with van der Waals surface area (Å²) in [6.45, 7) is 0. The topological polar surface area (TPSA) is 51.1 Å². The molecule has 0 saturated carbocycles. The maximum absolute atomic E-state index is 13.6. The fourth-order valence-corrected chi connectivity index (χ4v) is 4.64. The molecule has 0 N–H and O–H groups in total. The Hall–Kier alpha value is -2.87. The molecule has 0 radical (unpaired) electrons. The van der Waals surface area contributed by atoms with E-state index in [1.54, 1.807) is 14.2 Å². The van der Waals surface area contributed by atoms with E-state index in [9.17, 15) is 4.79 Å². The minimum atomic E-state index is -0.158. The van der Waals surface area contributed by atoms with Crippen molar-refractivity contribution < 1.29 is 14.3 Å². The number of nitrogens with zero attached hydrogens (tertiary/aromatic N) is 2. The second kappa shape index (κ2) is 7.43. The van der Waals surface area contributed by atoms with Crippen molar-refractivity contribution in [2.24, 2.45) is 4.99 Å². The van der Waals surface area contributed by atoms with Crippen LogP contribution in [0.25, 0.3) is 0 Å². The molecule has 150 valence electrons. The van der Waals surface area contributed by atoms with E-state index in [4.69, 9.17) is 14.5 Å². The molecule has 30 heavy (non-hydrogen) atoms. The number of anilines is 1. The van der Waals surface area contributed by atoms with Crippen molar-refractivity contribution in [2.45, 2.75) is 12.5 Å². The maximum atomic E-state index is 13.6. The van der Waals surface area contributed by atoms with Gasteiger partial charge in [0.1, 0.15) is 0 Å². The Morgan fingerprint density at radius 2 is 1.77 bits per heavy atom. The lowest BCUT2D eigenvalue weighted by molar-refractivity contribution is 0.0989. The number of hydrogen-bond acceptors (Lipinski definition) is 4. The lowest BCUT2D eigenvalue weighted by Crippen LogP contribution is -2.28. The molecule has 0 aromatic heterocycles. The largest absolute Gasteiger partial charge is 0.493 e. The van der Waals surface area contributed by atoms with E-state index < -0.39 is 0 Å². The van der Waals surface area contributed by atoms with Crippen molar-refractivity contribution in [1.82, 2.24) is 0 Å². The van der Waals surface area contributed by atoms with E-state index in [-0.39, 0.29) is 11.9 Å². The molecular formula is C24H19IN2O3. The Bertz CT molecular complexity index is 1190. The average Bonchev–Trinajstić information content (AvgIpc) is 2.94. The highest BCUT2D eigenvalue weighted by molar-refractivity contribution is 14.1. The number of amides is 1. The summed E-state index contributed by atoms with van der Waals surface area (Å²) in [6.07, 6.45) is 0.615. The summed E-state index contributed by atoms with van der Waals surface area (Å²) in [5.41, 5.74) is 5.13. The minimum absolute atomic E-state index is 0.0859. The van der Waals surface area contributed by atoms with Crippen molar-refractivity contribution in [1.29, 1.82) is 0 Å². The van der Waals surface area contributed by atoms with E-state index in [0.29, 0.717) is 23.5 Å². The van der Waals surface area contributed by atoms with Gasteiger partial charge in [0.15, 0.2) is 11.5 Å². The lowest BCUT2D eigenvalue weighted by Gasteiger charge is -2.24. The van der Waals surface area contributed by atoms with Crippen LogP contribution in [0.15, 0.2) is 65.7 Å². The van der Waals surface area contributed by atoms with Crippen LogP contribution in [-0.4, -0.2) is 25.8 Å². The predicted molar refractivity (Wildman–Crippen MR) is 126 cm³/mol. The summed E-state index contributed by atoms with van der Waals surface area (Å²) in [5, 5.41) is 0. The Morgan fingerprint density at radius 3 is 2.50 bits per heavy atom. The number of rotatable bonds is 3. The third-order valence-corrected chi connectivity index (χ3v) is 6.36. The van der Waals surface area contributed by atoms with Gasteiger partial charge in [0.2, 0.25) is 0 Å². The third kappa shape index (κ3) is 2.89. The molecule has 1 amide bonds. The first-order chi connectivity index (χ1) is 14.6. The molecule has 0 fully saturated rings. The standard InChI is InChI=1S/C24H19IN2O3/c1-29-21-12-11-16-20-13-18(14-7-9-15(25)10-8-14)26-17-5-3-4-6-19(17)27(20)24(28)22(16)23(21)30-2/h3-12,20H,13H2,1-2H3/t20-/m1/s1. The Balaban J connectivity index is 1.72. The Morgan fingerprint density at radius 1 is 1.00 bits per heavy atom. The zero-order chi connectivity index (χ0) is 20.8. The van der Waals surface area contributed by atoms with Gasteiger partial charge in [0.25, 0.3) is 5.91 Å². The molecule has 0 saturated heterocycles. The van der Waals surface area contributed by atoms with Gasteiger partial charge in [0, 0.05) is 9.99 Å². The first-order valence-electron chi connectivity index (χ1n) is 9.63. The highest BCUT2D eigenvalue weighted by atomic mass is 127. The Labute approximate surface area is 188 Å². The van der Waals surface area contributed by atoms with Crippen LogP contribution in [0.2, 0.25) is 0 Å². The van der Waals surface area contributed by atoms with Gasteiger partial charge in [-0.25, -0.2) is 0 Å². The van der Waals surface area contributed by atoms with Crippen LogP contribution in [0, 0.1) is 3.57 Å². The summed E-state index contributed by atoms with van der Waals surface area (Å²) in [6, 6.07) is 19.8. The van der Waals surface area contributed by atoms with Crippen LogP contribution in [0.4, 0.5) is 11.4 Å². The van der Waals surface area contributed by atoms with Gasteiger partial charge in [-0.2, -0.15) is 0 Å². The SMILES string of the molecule is COc1ccc2c(c1OC)C(=O)N1c3ccccc3N=C(c3ccc(I)cc3)C[C@H]21. The minimum Gasteiger partial charge on any atom is -0.493 e. The molecule has 2 aliphatic heterocycles. The summed E-state index contributed by atoms with van der Waals surface area (Å²) in [5.74, 6) is 0.956. The van der Waals surface area contributed by atoms with Gasteiger partial charge in [-0.15, -0.1) is 0 Å². The third-order valence-electron chi connectivity index (χ3n) is 5.64. The van der Waals surface area contributed by atoms with Crippen LogP contribution < -0.4 is 14.4 Å². The number of fused-ring (bicyclic) bond motifs is 5. The van der Waals surface area contributed by atoms with Gasteiger partial charge >= 0.3 is 0 Å². The molecule has 1 atom stereocenters. The number of methoxy groups -OCH3 is 2. The molecule has 0 unspecified atom stereocenters. The molecule has 2 aliphatic rings. The number of aliphatic imine (C=N–C) groups is 1. The number of ether oxygens (including phenoxy) is 2. The van der Waals surface area contributed by atoms with Gasteiger partial charge in [-0.05, 0) is 64.0 Å². The van der Waals surface area contributed by atoms with Crippen LogP contribution in [0.3, 0.4) is 0 Å². The zero-order valence-electron chi connectivity index (χ0n) is 16.6. The van der Waals surface area contributed by atoms with Crippen molar-refractivity contribution in [3.63, 3.8) is 0 Å². The van der Waals surface area contributed by atoms with E-state index in [2.05, 4.69) is 46.9 Å². The van der Waals surface area contributed by atoms with Crippen molar-refractivity contribution in [2.75, 3.05) is 19.1 Å². The highest BCUT2D eigenvalue weighted by Crippen LogP contribution is 2.50. The molecule has 0 spiro atoms. The van der Waals surface area contributed by atoms with Crippen molar-refractivity contribution in [3.8, 4) is 11.5 Å². The summed E-state index contributed by atoms with van der Waals surface area (Å²) in [7, 11) is 3.15. The fourth-order valence-electron chi connectivity index (χ4n) is 4.28. The van der Waals surface area contributed by atoms with Crippen LogP contribution in [-0.2, 0) is 0 Å².